The number of alkyl halides is 2. The third-order valence-electron chi connectivity index (χ3n) is 3.27. The Hall–Kier alpha value is -1.52. The zero-order chi connectivity index (χ0) is 14.4. The Labute approximate surface area is 112 Å². The molecule has 2 unspecified atom stereocenters. The van der Waals surface area contributed by atoms with Crippen molar-refractivity contribution in [2.45, 2.75) is 39.8 Å². The zero-order valence-electron chi connectivity index (χ0n) is 11.7. The van der Waals surface area contributed by atoms with Gasteiger partial charge in [0.05, 0.1) is 7.11 Å². The Morgan fingerprint density at radius 3 is 2.42 bits per heavy atom. The smallest absolute Gasteiger partial charge is 0.387 e. The molecule has 1 aromatic rings. The predicted molar refractivity (Wildman–Crippen MR) is 72.2 cm³/mol. The summed E-state index contributed by atoms with van der Waals surface area (Å²) in [5.74, 6) is 0.822. The van der Waals surface area contributed by atoms with Crippen molar-refractivity contribution >= 4 is 5.69 Å². The van der Waals surface area contributed by atoms with Gasteiger partial charge in [-0.1, -0.05) is 20.3 Å². The van der Waals surface area contributed by atoms with Crippen LogP contribution in [0, 0.1) is 5.92 Å². The van der Waals surface area contributed by atoms with Crippen molar-refractivity contribution in [1.29, 1.82) is 0 Å². The first-order valence-corrected chi connectivity index (χ1v) is 6.37. The Balaban J connectivity index is 2.85. The first kappa shape index (κ1) is 15.5. The minimum atomic E-state index is -2.86. The highest BCUT2D eigenvalue weighted by Crippen LogP contribution is 2.32. The molecule has 0 spiro atoms. The molecule has 1 N–H and O–H groups in total. The molecule has 3 nitrogen and oxygen atoms in total. The highest BCUT2D eigenvalue weighted by molar-refractivity contribution is 5.55. The van der Waals surface area contributed by atoms with Crippen LogP contribution in [-0.4, -0.2) is 19.8 Å². The zero-order valence-corrected chi connectivity index (χ0v) is 11.7. The summed E-state index contributed by atoms with van der Waals surface area (Å²) in [4.78, 5) is 0. The Kier molecular flexibility index (Phi) is 5.86. The fourth-order valence-electron chi connectivity index (χ4n) is 1.71. The SMILES string of the molecule is CCC(C)C(C)Nc1ccc(OC)c(OC(F)F)c1. The van der Waals surface area contributed by atoms with Gasteiger partial charge < -0.3 is 14.8 Å². The summed E-state index contributed by atoms with van der Waals surface area (Å²) in [5.41, 5.74) is 0.740. The van der Waals surface area contributed by atoms with Crippen LogP contribution in [-0.2, 0) is 0 Å². The fraction of sp³-hybridized carbons (Fsp3) is 0.571. The van der Waals surface area contributed by atoms with E-state index in [4.69, 9.17) is 4.74 Å². The number of ether oxygens (including phenoxy) is 2. The molecule has 0 radical (unpaired) electrons. The van der Waals surface area contributed by atoms with Crippen molar-refractivity contribution in [1.82, 2.24) is 0 Å². The van der Waals surface area contributed by atoms with Gasteiger partial charge in [0.25, 0.3) is 0 Å². The van der Waals surface area contributed by atoms with E-state index in [2.05, 4.69) is 30.8 Å². The van der Waals surface area contributed by atoms with Crippen molar-refractivity contribution < 1.29 is 18.3 Å². The molecular formula is C14H21F2NO2. The summed E-state index contributed by atoms with van der Waals surface area (Å²) in [6.07, 6.45) is 1.05. The maximum absolute atomic E-state index is 12.3. The molecule has 2 atom stereocenters. The van der Waals surface area contributed by atoms with Crippen LogP contribution in [0.5, 0.6) is 11.5 Å². The van der Waals surface area contributed by atoms with Crippen molar-refractivity contribution in [2.24, 2.45) is 5.92 Å². The summed E-state index contributed by atoms with van der Waals surface area (Å²) in [7, 11) is 1.42. The van der Waals surface area contributed by atoms with Gasteiger partial charge in [-0.2, -0.15) is 8.78 Å². The van der Waals surface area contributed by atoms with Crippen LogP contribution in [0.2, 0.25) is 0 Å². The van der Waals surface area contributed by atoms with Crippen LogP contribution in [0.15, 0.2) is 18.2 Å². The summed E-state index contributed by atoms with van der Waals surface area (Å²) >= 11 is 0. The number of benzene rings is 1. The Bertz CT molecular complexity index is 399. The van der Waals surface area contributed by atoms with E-state index in [1.54, 1.807) is 12.1 Å². The van der Waals surface area contributed by atoms with E-state index in [1.165, 1.54) is 13.2 Å². The molecule has 0 fully saturated rings. The predicted octanol–water partition coefficient (Wildman–Crippen LogP) is 4.14. The highest BCUT2D eigenvalue weighted by Gasteiger charge is 2.14. The van der Waals surface area contributed by atoms with E-state index < -0.39 is 6.61 Å². The van der Waals surface area contributed by atoms with E-state index in [9.17, 15) is 8.78 Å². The minimum absolute atomic E-state index is 0.0406. The van der Waals surface area contributed by atoms with Gasteiger partial charge in [0, 0.05) is 17.8 Å². The van der Waals surface area contributed by atoms with Gasteiger partial charge in [-0.25, -0.2) is 0 Å². The third-order valence-corrected chi connectivity index (χ3v) is 3.27. The molecule has 0 bridgehead atoms. The van der Waals surface area contributed by atoms with Gasteiger partial charge in [-0.15, -0.1) is 0 Å². The lowest BCUT2D eigenvalue weighted by Gasteiger charge is -2.22. The lowest BCUT2D eigenvalue weighted by atomic mass is 10.0. The maximum atomic E-state index is 12.3. The number of methoxy groups -OCH3 is 1. The molecule has 0 amide bonds. The lowest BCUT2D eigenvalue weighted by molar-refractivity contribution is -0.0511. The first-order valence-electron chi connectivity index (χ1n) is 6.37. The second-order valence-corrected chi connectivity index (χ2v) is 4.56. The van der Waals surface area contributed by atoms with Crippen molar-refractivity contribution in [2.75, 3.05) is 12.4 Å². The molecule has 0 aromatic heterocycles. The van der Waals surface area contributed by atoms with E-state index in [0.29, 0.717) is 11.7 Å². The highest BCUT2D eigenvalue weighted by atomic mass is 19.3. The Morgan fingerprint density at radius 2 is 1.89 bits per heavy atom. The second kappa shape index (κ2) is 7.16. The standard InChI is InChI=1S/C14H21F2NO2/c1-5-9(2)10(3)17-11-6-7-12(18-4)13(8-11)19-14(15)16/h6-10,14,17H,5H2,1-4H3. The number of halogens is 2. The van der Waals surface area contributed by atoms with E-state index in [-0.39, 0.29) is 11.8 Å². The number of anilines is 1. The number of rotatable bonds is 7. The summed E-state index contributed by atoms with van der Waals surface area (Å²) in [6.45, 7) is 3.45. The Morgan fingerprint density at radius 1 is 1.21 bits per heavy atom. The molecule has 1 aromatic carbocycles. The van der Waals surface area contributed by atoms with Crippen LogP contribution < -0.4 is 14.8 Å². The molecule has 0 aliphatic carbocycles. The first-order chi connectivity index (χ1) is 8.97. The molecule has 0 heterocycles. The largest absolute Gasteiger partial charge is 0.493 e. The molecule has 108 valence electrons. The second-order valence-electron chi connectivity index (χ2n) is 4.56. The van der Waals surface area contributed by atoms with E-state index in [1.807, 2.05) is 0 Å². The number of hydrogen-bond donors (Lipinski definition) is 1. The van der Waals surface area contributed by atoms with Gasteiger partial charge >= 0.3 is 6.61 Å². The monoisotopic (exact) mass is 273 g/mol. The quantitative estimate of drug-likeness (QED) is 0.809. The van der Waals surface area contributed by atoms with Gasteiger partial charge in [0.2, 0.25) is 0 Å². The summed E-state index contributed by atoms with van der Waals surface area (Å²) in [6, 6.07) is 5.18. The molecule has 0 saturated heterocycles. The molecule has 19 heavy (non-hydrogen) atoms. The van der Waals surface area contributed by atoms with Crippen LogP contribution in [0.25, 0.3) is 0 Å². The van der Waals surface area contributed by atoms with Crippen molar-refractivity contribution in [3.8, 4) is 11.5 Å². The van der Waals surface area contributed by atoms with Gasteiger partial charge in [0.15, 0.2) is 11.5 Å². The molecule has 0 aliphatic rings. The molecule has 0 saturated carbocycles. The maximum Gasteiger partial charge on any atom is 0.387 e. The molecular weight excluding hydrogens is 252 g/mol. The van der Waals surface area contributed by atoms with Crippen molar-refractivity contribution in [3.63, 3.8) is 0 Å². The van der Waals surface area contributed by atoms with E-state index >= 15 is 0 Å². The molecule has 0 aliphatic heterocycles. The van der Waals surface area contributed by atoms with Crippen LogP contribution in [0.1, 0.15) is 27.2 Å². The number of nitrogens with one attached hydrogen (secondary N) is 1. The molecule has 5 heteroatoms. The van der Waals surface area contributed by atoms with Crippen molar-refractivity contribution in [3.05, 3.63) is 18.2 Å². The molecule has 1 rings (SSSR count). The minimum Gasteiger partial charge on any atom is -0.493 e. The number of hydrogen-bond acceptors (Lipinski definition) is 3. The lowest BCUT2D eigenvalue weighted by Crippen LogP contribution is -2.23. The fourth-order valence-corrected chi connectivity index (χ4v) is 1.71. The van der Waals surface area contributed by atoms with Gasteiger partial charge in [0.1, 0.15) is 0 Å². The van der Waals surface area contributed by atoms with Gasteiger partial charge in [-0.05, 0) is 25.0 Å². The topological polar surface area (TPSA) is 30.5 Å². The summed E-state index contributed by atoms with van der Waals surface area (Å²) < 4.78 is 34.1. The third kappa shape index (κ3) is 4.58. The van der Waals surface area contributed by atoms with E-state index in [0.717, 1.165) is 12.1 Å². The van der Waals surface area contributed by atoms with Crippen LogP contribution in [0.4, 0.5) is 14.5 Å². The van der Waals surface area contributed by atoms with Gasteiger partial charge in [-0.3, -0.25) is 0 Å². The normalized spacial score (nSPS) is 14.1. The average molecular weight is 273 g/mol. The summed E-state index contributed by atoms with van der Waals surface area (Å²) in [5, 5.41) is 3.28. The van der Waals surface area contributed by atoms with Crippen LogP contribution in [0.3, 0.4) is 0 Å². The average Bonchev–Trinajstić information content (AvgIpc) is 2.37. The van der Waals surface area contributed by atoms with Crippen LogP contribution >= 0.6 is 0 Å².